The maximum Gasteiger partial charge on any atom is 0.248 e. The Morgan fingerprint density at radius 3 is 2.62 bits per heavy atom. The molecule has 156 valence electrons. The number of anilines is 2. The van der Waals surface area contributed by atoms with Crippen molar-refractivity contribution in [1.82, 2.24) is 19.9 Å². The maximum absolute atomic E-state index is 13.5. The molecule has 10 heteroatoms. The Morgan fingerprint density at radius 2 is 1.97 bits per heavy atom. The highest BCUT2D eigenvalue weighted by Gasteiger charge is 2.35. The number of amides is 1. The van der Waals surface area contributed by atoms with E-state index in [4.69, 9.17) is 0 Å². The highest BCUT2D eigenvalue weighted by molar-refractivity contribution is 7.13. The van der Waals surface area contributed by atoms with Crippen molar-refractivity contribution < 1.29 is 13.6 Å². The molecule has 4 rings (SSSR count). The fraction of sp³-hybridized carbons (Fsp3) is 0.579. The van der Waals surface area contributed by atoms with Crippen LogP contribution in [-0.2, 0) is 4.79 Å². The van der Waals surface area contributed by atoms with Gasteiger partial charge in [0.15, 0.2) is 10.8 Å². The van der Waals surface area contributed by atoms with Crippen molar-refractivity contribution in [3.05, 3.63) is 17.1 Å². The smallest absolute Gasteiger partial charge is 0.248 e. The molecular formula is C19H24F2N6OS. The SMILES string of the molecule is Cc1csc(-c2nc(NC3CCC(F)(F)CC3)cc(N3CCN(C)C(=O)C3)n2)n1. The molecule has 2 aromatic heterocycles. The zero-order valence-corrected chi connectivity index (χ0v) is 17.3. The number of alkyl halides is 2. The lowest BCUT2D eigenvalue weighted by molar-refractivity contribution is -0.129. The van der Waals surface area contributed by atoms with Gasteiger partial charge >= 0.3 is 0 Å². The molecule has 1 amide bonds. The number of aromatic nitrogens is 3. The van der Waals surface area contributed by atoms with Gasteiger partial charge in [0.2, 0.25) is 11.8 Å². The summed E-state index contributed by atoms with van der Waals surface area (Å²) in [5.74, 6) is -0.827. The van der Waals surface area contributed by atoms with Crippen LogP contribution in [0.15, 0.2) is 11.4 Å². The molecule has 0 radical (unpaired) electrons. The number of aryl methyl sites for hydroxylation is 1. The average Bonchev–Trinajstić information content (AvgIpc) is 3.12. The van der Waals surface area contributed by atoms with Crippen LogP contribution in [0.5, 0.6) is 0 Å². The molecule has 0 unspecified atom stereocenters. The Hall–Kier alpha value is -2.36. The van der Waals surface area contributed by atoms with Crippen molar-refractivity contribution in [3.8, 4) is 10.8 Å². The molecule has 7 nitrogen and oxygen atoms in total. The molecule has 2 fully saturated rings. The van der Waals surface area contributed by atoms with E-state index in [1.54, 1.807) is 18.0 Å². The van der Waals surface area contributed by atoms with Crippen molar-refractivity contribution in [2.45, 2.75) is 44.6 Å². The van der Waals surface area contributed by atoms with Crippen LogP contribution >= 0.6 is 11.3 Å². The number of rotatable bonds is 4. The van der Waals surface area contributed by atoms with Crippen molar-refractivity contribution in [2.75, 3.05) is 36.9 Å². The number of piperazine rings is 1. The molecule has 2 aromatic rings. The van der Waals surface area contributed by atoms with Gasteiger partial charge in [-0.1, -0.05) is 0 Å². The molecule has 29 heavy (non-hydrogen) atoms. The fourth-order valence-corrected chi connectivity index (χ4v) is 4.30. The lowest BCUT2D eigenvalue weighted by Crippen LogP contribution is -2.48. The van der Waals surface area contributed by atoms with Crippen LogP contribution < -0.4 is 10.2 Å². The van der Waals surface area contributed by atoms with E-state index in [0.29, 0.717) is 48.4 Å². The molecular weight excluding hydrogens is 398 g/mol. The predicted octanol–water partition coefficient (Wildman–Crippen LogP) is 3.18. The number of halogens is 2. The Balaban J connectivity index is 1.61. The number of nitrogens with one attached hydrogen (secondary N) is 1. The second-order valence-corrected chi connectivity index (χ2v) is 8.60. The van der Waals surface area contributed by atoms with Gasteiger partial charge in [-0.05, 0) is 19.8 Å². The van der Waals surface area contributed by atoms with E-state index in [0.717, 1.165) is 5.69 Å². The van der Waals surface area contributed by atoms with E-state index in [-0.39, 0.29) is 31.3 Å². The largest absolute Gasteiger partial charge is 0.367 e. The number of likely N-dealkylation sites (N-methyl/N-ethyl adjacent to an activating group) is 1. The number of nitrogens with zero attached hydrogens (tertiary/aromatic N) is 5. The molecule has 0 atom stereocenters. The maximum atomic E-state index is 13.5. The van der Waals surface area contributed by atoms with Crippen molar-refractivity contribution >= 4 is 28.9 Å². The van der Waals surface area contributed by atoms with Gasteiger partial charge in [0, 0.05) is 56.2 Å². The van der Waals surface area contributed by atoms with Gasteiger partial charge in [-0.2, -0.15) is 0 Å². The summed E-state index contributed by atoms with van der Waals surface area (Å²) in [6.07, 6.45) is 0.554. The second-order valence-electron chi connectivity index (χ2n) is 7.74. The van der Waals surface area contributed by atoms with Gasteiger partial charge in [0.05, 0.1) is 6.54 Å². The van der Waals surface area contributed by atoms with E-state index in [9.17, 15) is 13.6 Å². The van der Waals surface area contributed by atoms with Crippen LogP contribution in [0.25, 0.3) is 10.8 Å². The first-order valence-electron chi connectivity index (χ1n) is 9.74. The summed E-state index contributed by atoms with van der Waals surface area (Å²) in [5, 5.41) is 5.93. The van der Waals surface area contributed by atoms with E-state index < -0.39 is 5.92 Å². The van der Waals surface area contributed by atoms with Crippen molar-refractivity contribution in [1.29, 1.82) is 0 Å². The summed E-state index contributed by atoms with van der Waals surface area (Å²) in [6, 6.07) is 1.74. The normalized spacial score (nSPS) is 20.2. The van der Waals surface area contributed by atoms with Crippen LogP contribution in [0.2, 0.25) is 0 Å². The minimum Gasteiger partial charge on any atom is -0.367 e. The average molecular weight is 423 g/mol. The Labute approximate surface area is 172 Å². The first-order chi connectivity index (χ1) is 13.8. The summed E-state index contributed by atoms with van der Waals surface area (Å²) < 4.78 is 27.0. The number of carbonyl (C=O) groups is 1. The molecule has 2 aliphatic rings. The van der Waals surface area contributed by atoms with Gasteiger partial charge in [-0.15, -0.1) is 11.3 Å². The van der Waals surface area contributed by atoms with E-state index in [2.05, 4.69) is 20.3 Å². The monoisotopic (exact) mass is 422 g/mol. The van der Waals surface area contributed by atoms with Gasteiger partial charge in [0.1, 0.15) is 11.6 Å². The summed E-state index contributed by atoms with van der Waals surface area (Å²) >= 11 is 1.46. The predicted molar refractivity (Wildman–Crippen MR) is 109 cm³/mol. The first kappa shape index (κ1) is 19.9. The molecule has 3 heterocycles. The van der Waals surface area contributed by atoms with Crippen molar-refractivity contribution in [2.24, 2.45) is 0 Å². The summed E-state index contributed by atoms with van der Waals surface area (Å²) in [6.45, 7) is 3.45. The van der Waals surface area contributed by atoms with E-state index >= 15 is 0 Å². The van der Waals surface area contributed by atoms with Crippen LogP contribution in [0.3, 0.4) is 0 Å². The minimum atomic E-state index is -2.57. The molecule has 1 aliphatic heterocycles. The zero-order valence-electron chi connectivity index (χ0n) is 16.5. The summed E-state index contributed by atoms with van der Waals surface area (Å²) in [5.41, 5.74) is 0.887. The lowest BCUT2D eigenvalue weighted by atomic mass is 9.92. The van der Waals surface area contributed by atoms with Gasteiger partial charge < -0.3 is 15.1 Å². The third-order valence-corrected chi connectivity index (χ3v) is 6.33. The number of carbonyl (C=O) groups excluding carboxylic acids is 1. The number of hydrogen-bond acceptors (Lipinski definition) is 7. The topological polar surface area (TPSA) is 74.2 Å². The molecule has 1 saturated heterocycles. The Morgan fingerprint density at radius 1 is 1.21 bits per heavy atom. The standard InChI is InChI=1S/C19H24F2N6OS/c1-12-11-29-18(22-12)17-24-14(23-13-3-5-19(20,21)6-4-13)9-15(25-17)27-8-7-26(2)16(28)10-27/h9,11,13H,3-8,10H2,1-2H3,(H,23,24,25). The van der Waals surface area contributed by atoms with Gasteiger partial charge in [-0.25, -0.2) is 23.7 Å². The highest BCUT2D eigenvalue weighted by Crippen LogP contribution is 2.34. The third-order valence-electron chi connectivity index (χ3n) is 5.37. The molecule has 1 N–H and O–H groups in total. The quantitative estimate of drug-likeness (QED) is 0.816. The van der Waals surface area contributed by atoms with Crippen molar-refractivity contribution in [3.63, 3.8) is 0 Å². The van der Waals surface area contributed by atoms with Crippen LogP contribution in [-0.4, -0.2) is 64.4 Å². The van der Waals surface area contributed by atoms with Gasteiger partial charge in [0.25, 0.3) is 0 Å². The number of thiazole rings is 1. The summed E-state index contributed by atoms with van der Waals surface area (Å²) in [7, 11) is 1.79. The Bertz CT molecular complexity index is 895. The third kappa shape index (κ3) is 4.63. The van der Waals surface area contributed by atoms with Crippen LogP contribution in [0.4, 0.5) is 20.4 Å². The number of hydrogen-bond donors (Lipinski definition) is 1. The fourth-order valence-electron chi connectivity index (χ4n) is 3.57. The Kier molecular flexibility index (Phi) is 5.37. The molecule has 1 saturated carbocycles. The van der Waals surface area contributed by atoms with Gasteiger partial charge in [-0.3, -0.25) is 4.79 Å². The zero-order chi connectivity index (χ0) is 20.6. The first-order valence-corrected chi connectivity index (χ1v) is 10.6. The summed E-state index contributed by atoms with van der Waals surface area (Å²) in [4.78, 5) is 29.5. The van der Waals surface area contributed by atoms with Crippen LogP contribution in [0.1, 0.15) is 31.4 Å². The highest BCUT2D eigenvalue weighted by atomic mass is 32.1. The second kappa shape index (κ2) is 7.81. The minimum absolute atomic E-state index is 0.0329. The molecule has 0 aromatic carbocycles. The molecule has 1 aliphatic carbocycles. The molecule has 0 bridgehead atoms. The van der Waals surface area contributed by atoms with E-state index in [1.165, 1.54) is 11.3 Å². The molecule has 0 spiro atoms. The lowest BCUT2D eigenvalue weighted by Gasteiger charge is -2.33. The van der Waals surface area contributed by atoms with E-state index in [1.807, 2.05) is 17.2 Å². The van der Waals surface area contributed by atoms with Crippen LogP contribution in [0, 0.1) is 6.92 Å².